The summed E-state index contributed by atoms with van der Waals surface area (Å²) in [7, 11) is 1.97. The summed E-state index contributed by atoms with van der Waals surface area (Å²) >= 11 is 0. The van der Waals surface area contributed by atoms with E-state index < -0.39 is 0 Å². The predicted molar refractivity (Wildman–Crippen MR) is 53.5 cm³/mol. The molecule has 2 aliphatic carbocycles. The molecule has 0 amide bonds. The molecule has 2 saturated carbocycles. The highest BCUT2D eigenvalue weighted by atomic mass is 16.3. The second kappa shape index (κ2) is 2.48. The molecule has 2 heteroatoms. The molecule has 2 N–H and O–H groups in total. The number of aliphatic hydroxyl groups excluding tert-OH is 1. The topological polar surface area (TPSA) is 32.3 Å². The van der Waals surface area contributed by atoms with Crippen LogP contribution in [-0.2, 0) is 0 Å². The fourth-order valence-electron chi connectivity index (χ4n) is 3.81. The number of nitrogens with one attached hydrogen (secondary N) is 1. The van der Waals surface area contributed by atoms with Crippen molar-refractivity contribution in [2.24, 2.45) is 16.7 Å². The summed E-state index contributed by atoms with van der Waals surface area (Å²) in [6.07, 6.45) is 2.31. The van der Waals surface area contributed by atoms with Gasteiger partial charge in [-0.1, -0.05) is 20.8 Å². The Hall–Kier alpha value is -0.0800. The van der Waals surface area contributed by atoms with Gasteiger partial charge in [0.15, 0.2) is 0 Å². The van der Waals surface area contributed by atoms with Gasteiger partial charge in [-0.15, -0.1) is 0 Å². The van der Waals surface area contributed by atoms with Crippen molar-refractivity contribution in [3.63, 3.8) is 0 Å². The van der Waals surface area contributed by atoms with Gasteiger partial charge < -0.3 is 10.4 Å². The van der Waals surface area contributed by atoms with Gasteiger partial charge >= 0.3 is 0 Å². The maximum atomic E-state index is 10.1. The molecule has 2 aliphatic rings. The van der Waals surface area contributed by atoms with Gasteiger partial charge in [0, 0.05) is 6.04 Å². The van der Waals surface area contributed by atoms with Crippen molar-refractivity contribution in [3.8, 4) is 0 Å². The number of fused-ring (bicyclic) bond motifs is 2. The van der Waals surface area contributed by atoms with Gasteiger partial charge in [-0.3, -0.25) is 0 Å². The van der Waals surface area contributed by atoms with Crippen LogP contribution in [0.3, 0.4) is 0 Å². The molecule has 0 aromatic rings. The lowest BCUT2D eigenvalue weighted by molar-refractivity contribution is 0.0618. The molecule has 0 unspecified atom stereocenters. The van der Waals surface area contributed by atoms with E-state index in [1.54, 1.807) is 0 Å². The first kappa shape index (κ1) is 9.47. The minimum Gasteiger partial charge on any atom is -0.391 e. The summed E-state index contributed by atoms with van der Waals surface area (Å²) in [6, 6.07) is 0.293. The zero-order valence-corrected chi connectivity index (χ0v) is 9.09. The second-order valence-electron chi connectivity index (χ2n) is 5.54. The first-order valence-corrected chi connectivity index (χ1v) is 5.30. The van der Waals surface area contributed by atoms with Crippen LogP contribution in [0.15, 0.2) is 0 Å². The van der Waals surface area contributed by atoms with E-state index in [2.05, 4.69) is 26.1 Å². The highest BCUT2D eigenvalue weighted by Crippen LogP contribution is 2.65. The number of hydrogen-bond acceptors (Lipinski definition) is 2. The van der Waals surface area contributed by atoms with E-state index in [0.717, 1.165) is 0 Å². The van der Waals surface area contributed by atoms with E-state index in [9.17, 15) is 5.11 Å². The number of hydrogen-bond donors (Lipinski definition) is 2. The molecule has 0 aromatic carbocycles. The quantitative estimate of drug-likeness (QED) is 0.644. The second-order valence-corrected chi connectivity index (χ2v) is 5.54. The van der Waals surface area contributed by atoms with E-state index in [1.807, 2.05) is 7.05 Å². The van der Waals surface area contributed by atoms with Crippen LogP contribution in [0.1, 0.15) is 33.6 Å². The lowest BCUT2D eigenvalue weighted by atomic mass is 9.69. The molecule has 0 saturated heterocycles. The minimum absolute atomic E-state index is 0.140. The number of likely N-dealkylation sites (N-methyl/N-ethyl adjacent to an activating group) is 1. The van der Waals surface area contributed by atoms with E-state index in [-0.39, 0.29) is 11.5 Å². The van der Waals surface area contributed by atoms with Crippen LogP contribution in [0.2, 0.25) is 0 Å². The Morgan fingerprint density at radius 2 is 1.92 bits per heavy atom. The Bertz CT molecular complexity index is 226. The lowest BCUT2D eigenvalue weighted by Crippen LogP contribution is -2.48. The molecule has 0 heterocycles. The smallest absolute Gasteiger partial charge is 0.0732 e. The van der Waals surface area contributed by atoms with E-state index in [4.69, 9.17) is 0 Å². The zero-order valence-electron chi connectivity index (χ0n) is 9.09. The summed E-state index contributed by atoms with van der Waals surface area (Å²) < 4.78 is 0. The Morgan fingerprint density at radius 3 is 2.23 bits per heavy atom. The Morgan fingerprint density at radius 1 is 1.31 bits per heavy atom. The van der Waals surface area contributed by atoms with Crippen LogP contribution in [0, 0.1) is 16.7 Å². The molecule has 2 nitrogen and oxygen atoms in total. The van der Waals surface area contributed by atoms with Crippen molar-refractivity contribution in [1.82, 2.24) is 5.32 Å². The third-order valence-corrected chi connectivity index (χ3v) is 5.12. The van der Waals surface area contributed by atoms with Crippen LogP contribution in [0.4, 0.5) is 0 Å². The molecule has 2 fully saturated rings. The van der Waals surface area contributed by atoms with E-state index in [0.29, 0.717) is 17.4 Å². The van der Waals surface area contributed by atoms with E-state index >= 15 is 0 Å². The standard InChI is InChI=1S/C11H21NO/c1-10(2)7-5-6-11(10,3)9(12-4)8(7)13/h7-9,12-13H,5-6H2,1-4H3/t7-,8+,9+,11-/m0/s1. The van der Waals surface area contributed by atoms with Crippen LogP contribution in [-0.4, -0.2) is 24.3 Å². The lowest BCUT2D eigenvalue weighted by Gasteiger charge is -2.39. The molecule has 0 spiro atoms. The monoisotopic (exact) mass is 183 g/mol. The maximum Gasteiger partial charge on any atom is 0.0732 e. The first-order valence-electron chi connectivity index (χ1n) is 5.30. The summed E-state index contributed by atoms with van der Waals surface area (Å²) in [6.45, 7) is 6.95. The van der Waals surface area contributed by atoms with Gasteiger partial charge in [0.25, 0.3) is 0 Å². The van der Waals surface area contributed by atoms with Gasteiger partial charge in [-0.05, 0) is 36.6 Å². The third kappa shape index (κ3) is 0.861. The third-order valence-electron chi connectivity index (χ3n) is 5.12. The molecule has 13 heavy (non-hydrogen) atoms. The Kier molecular flexibility index (Phi) is 1.81. The van der Waals surface area contributed by atoms with Crippen LogP contribution in [0.25, 0.3) is 0 Å². The summed E-state index contributed by atoms with van der Waals surface area (Å²) in [4.78, 5) is 0. The highest BCUT2D eigenvalue weighted by molar-refractivity contribution is 5.17. The van der Waals surface area contributed by atoms with Crippen molar-refractivity contribution < 1.29 is 5.11 Å². The summed E-state index contributed by atoms with van der Waals surface area (Å²) in [5, 5.41) is 13.4. The fourth-order valence-corrected chi connectivity index (χ4v) is 3.81. The minimum atomic E-state index is -0.140. The average Bonchev–Trinajstić information content (AvgIpc) is 2.32. The first-order chi connectivity index (χ1) is 5.95. The molecular weight excluding hydrogens is 162 g/mol. The molecule has 0 aliphatic heterocycles. The summed E-state index contributed by atoms with van der Waals surface area (Å²) in [5.74, 6) is 0.495. The van der Waals surface area contributed by atoms with Crippen LogP contribution < -0.4 is 5.32 Å². The molecule has 76 valence electrons. The van der Waals surface area contributed by atoms with Crippen molar-refractivity contribution in [2.45, 2.75) is 45.8 Å². The molecule has 2 bridgehead atoms. The van der Waals surface area contributed by atoms with Crippen molar-refractivity contribution in [3.05, 3.63) is 0 Å². The van der Waals surface area contributed by atoms with Crippen molar-refractivity contribution >= 4 is 0 Å². The average molecular weight is 183 g/mol. The highest BCUT2D eigenvalue weighted by Gasteiger charge is 2.65. The van der Waals surface area contributed by atoms with Gasteiger partial charge in [0.1, 0.15) is 0 Å². The largest absolute Gasteiger partial charge is 0.391 e. The van der Waals surface area contributed by atoms with Gasteiger partial charge in [0.2, 0.25) is 0 Å². The number of rotatable bonds is 1. The van der Waals surface area contributed by atoms with Crippen molar-refractivity contribution in [2.75, 3.05) is 7.05 Å². The Labute approximate surface area is 80.7 Å². The van der Waals surface area contributed by atoms with Gasteiger partial charge in [-0.2, -0.15) is 0 Å². The Balaban J connectivity index is 2.40. The molecule has 0 radical (unpaired) electrons. The molecule has 2 rings (SSSR count). The summed E-state index contributed by atoms with van der Waals surface area (Å²) in [5.41, 5.74) is 0.575. The van der Waals surface area contributed by atoms with Crippen LogP contribution in [0.5, 0.6) is 0 Å². The molecule has 4 atom stereocenters. The number of aliphatic hydroxyl groups is 1. The zero-order chi connectivity index (χ0) is 9.85. The normalized spacial score (nSPS) is 52.8. The molecule has 0 aromatic heterocycles. The van der Waals surface area contributed by atoms with Gasteiger partial charge in [0.05, 0.1) is 6.10 Å². The van der Waals surface area contributed by atoms with E-state index in [1.165, 1.54) is 12.8 Å². The fraction of sp³-hybridized carbons (Fsp3) is 1.00. The SMILES string of the molecule is CN[C@@H]1[C@H](O)[C@@H]2CC[C@]1(C)C2(C)C. The van der Waals surface area contributed by atoms with Gasteiger partial charge in [-0.25, -0.2) is 0 Å². The molecular formula is C11H21NO. The van der Waals surface area contributed by atoms with Crippen LogP contribution >= 0.6 is 0 Å². The predicted octanol–water partition coefficient (Wildman–Crippen LogP) is 1.39. The van der Waals surface area contributed by atoms with Crippen molar-refractivity contribution in [1.29, 1.82) is 0 Å². The maximum absolute atomic E-state index is 10.1.